The molecule has 0 aliphatic rings. The van der Waals surface area contributed by atoms with E-state index in [1.165, 1.54) is 4.90 Å². The van der Waals surface area contributed by atoms with Crippen LogP contribution in [0.5, 0.6) is 5.75 Å². The Morgan fingerprint density at radius 1 is 1.18 bits per heavy atom. The molecule has 0 saturated heterocycles. The molecule has 0 radical (unpaired) electrons. The van der Waals surface area contributed by atoms with Crippen LogP contribution in [-0.2, 0) is 9.53 Å². The molecule has 33 heavy (non-hydrogen) atoms. The molecule has 0 aliphatic heterocycles. The number of nitrogens with one attached hydrogen (secondary N) is 1. The number of carbonyl (C=O) groups is 2. The first-order valence-electron chi connectivity index (χ1n) is 11.8. The van der Waals surface area contributed by atoms with Crippen molar-refractivity contribution < 1.29 is 24.2 Å². The van der Waals surface area contributed by atoms with Crippen molar-refractivity contribution in [1.29, 1.82) is 0 Å². The van der Waals surface area contributed by atoms with Crippen LogP contribution in [0.2, 0.25) is 0 Å². The van der Waals surface area contributed by atoms with Gasteiger partial charge in [-0.3, -0.25) is 9.59 Å². The fourth-order valence-electron chi connectivity index (χ4n) is 3.45. The number of aliphatic hydroxyl groups excluding tert-OH is 1. The number of rotatable bonds is 17. The molecule has 0 bridgehead atoms. The Balaban J connectivity index is 2.66. The molecule has 188 valence electrons. The van der Waals surface area contributed by atoms with Gasteiger partial charge in [0.25, 0.3) is 5.91 Å². The van der Waals surface area contributed by atoms with Crippen molar-refractivity contribution in [2.75, 3.05) is 33.4 Å². The maximum absolute atomic E-state index is 12.9. The van der Waals surface area contributed by atoms with Gasteiger partial charge in [0.2, 0.25) is 6.41 Å². The van der Waals surface area contributed by atoms with Gasteiger partial charge in [-0.25, -0.2) is 0 Å². The van der Waals surface area contributed by atoms with Gasteiger partial charge in [0.1, 0.15) is 5.75 Å². The lowest BCUT2D eigenvalue weighted by atomic mass is 9.87. The number of nitrogens with two attached hydrogens (primary N) is 1. The quantitative estimate of drug-likeness (QED) is 0.241. The number of amides is 2. The number of benzene rings is 1. The Bertz CT molecular complexity index is 698. The number of ether oxygens (including phenoxy) is 2. The predicted octanol–water partition coefficient (Wildman–Crippen LogP) is 2.44. The Morgan fingerprint density at radius 2 is 1.85 bits per heavy atom. The SMILES string of the molecule is COCCCCOc1ccccc1C(=O)NC[C@@H](C[C@H](N)[C@@H](O)CN(C=O)C(C)C)C(C)C. The zero-order chi connectivity index (χ0) is 24.8. The molecule has 8 nitrogen and oxygen atoms in total. The molecule has 2 amide bonds. The molecule has 1 aromatic carbocycles. The highest BCUT2D eigenvalue weighted by Crippen LogP contribution is 2.21. The maximum atomic E-state index is 12.9. The zero-order valence-electron chi connectivity index (χ0n) is 20.8. The van der Waals surface area contributed by atoms with E-state index in [0.717, 1.165) is 19.3 Å². The minimum Gasteiger partial charge on any atom is -0.493 e. The van der Waals surface area contributed by atoms with Crippen LogP contribution in [0.15, 0.2) is 24.3 Å². The zero-order valence-corrected chi connectivity index (χ0v) is 20.8. The van der Waals surface area contributed by atoms with Crippen LogP contribution in [0.1, 0.15) is 57.3 Å². The van der Waals surface area contributed by atoms with Crippen LogP contribution < -0.4 is 15.8 Å². The number of hydrogen-bond acceptors (Lipinski definition) is 6. The molecule has 0 aliphatic carbocycles. The van der Waals surface area contributed by atoms with Crippen LogP contribution in [0, 0.1) is 11.8 Å². The fourth-order valence-corrected chi connectivity index (χ4v) is 3.45. The molecule has 0 saturated carbocycles. The summed E-state index contributed by atoms with van der Waals surface area (Å²) in [6, 6.07) is 6.69. The van der Waals surface area contributed by atoms with E-state index in [1.54, 1.807) is 19.2 Å². The molecule has 0 heterocycles. The van der Waals surface area contributed by atoms with Gasteiger partial charge >= 0.3 is 0 Å². The lowest BCUT2D eigenvalue weighted by molar-refractivity contribution is -0.121. The van der Waals surface area contributed by atoms with Gasteiger partial charge in [0.05, 0.1) is 18.3 Å². The fraction of sp³-hybridized carbons (Fsp3) is 0.680. The lowest BCUT2D eigenvalue weighted by Crippen LogP contribution is -2.47. The largest absolute Gasteiger partial charge is 0.493 e. The molecule has 1 aromatic rings. The van der Waals surface area contributed by atoms with Gasteiger partial charge in [-0.2, -0.15) is 0 Å². The van der Waals surface area contributed by atoms with Crippen molar-refractivity contribution in [2.24, 2.45) is 17.6 Å². The van der Waals surface area contributed by atoms with Gasteiger partial charge in [0.15, 0.2) is 0 Å². The van der Waals surface area contributed by atoms with Crippen molar-refractivity contribution >= 4 is 12.3 Å². The molecular weight excluding hydrogens is 422 g/mol. The second-order valence-electron chi connectivity index (χ2n) is 9.12. The molecule has 3 atom stereocenters. The molecular formula is C25H43N3O5. The molecule has 0 unspecified atom stereocenters. The highest BCUT2D eigenvalue weighted by molar-refractivity contribution is 5.96. The summed E-state index contributed by atoms with van der Waals surface area (Å²) in [5.74, 6) is 0.685. The van der Waals surface area contributed by atoms with Crippen molar-refractivity contribution in [3.63, 3.8) is 0 Å². The van der Waals surface area contributed by atoms with Crippen LogP contribution in [0.3, 0.4) is 0 Å². The van der Waals surface area contributed by atoms with E-state index in [2.05, 4.69) is 19.2 Å². The van der Waals surface area contributed by atoms with E-state index in [1.807, 2.05) is 26.0 Å². The number of aliphatic hydroxyl groups is 1. The van der Waals surface area contributed by atoms with Crippen LogP contribution in [0.4, 0.5) is 0 Å². The smallest absolute Gasteiger partial charge is 0.255 e. The summed E-state index contributed by atoms with van der Waals surface area (Å²) >= 11 is 0. The Hall–Kier alpha value is -2.16. The first-order chi connectivity index (χ1) is 15.7. The summed E-state index contributed by atoms with van der Waals surface area (Å²) in [4.78, 5) is 25.6. The molecule has 0 fully saturated rings. The van der Waals surface area contributed by atoms with Crippen molar-refractivity contribution in [3.8, 4) is 5.75 Å². The third-order valence-corrected chi connectivity index (χ3v) is 5.87. The third-order valence-electron chi connectivity index (χ3n) is 5.87. The van der Waals surface area contributed by atoms with E-state index in [9.17, 15) is 14.7 Å². The second-order valence-corrected chi connectivity index (χ2v) is 9.12. The number of hydrogen-bond donors (Lipinski definition) is 3. The average molecular weight is 466 g/mol. The maximum Gasteiger partial charge on any atom is 0.255 e. The van der Waals surface area contributed by atoms with E-state index < -0.39 is 12.1 Å². The monoisotopic (exact) mass is 465 g/mol. The average Bonchev–Trinajstić information content (AvgIpc) is 2.79. The number of carbonyl (C=O) groups excluding carboxylic acids is 2. The van der Waals surface area contributed by atoms with E-state index in [-0.39, 0.29) is 30.3 Å². The second kappa shape index (κ2) is 15.6. The summed E-state index contributed by atoms with van der Waals surface area (Å²) in [6.45, 7) is 9.74. The Labute approximate surface area is 198 Å². The minimum atomic E-state index is -0.832. The lowest BCUT2D eigenvalue weighted by Gasteiger charge is -2.30. The molecule has 0 spiro atoms. The van der Waals surface area contributed by atoms with Gasteiger partial charge in [-0.15, -0.1) is 0 Å². The van der Waals surface area contributed by atoms with Gasteiger partial charge < -0.3 is 30.5 Å². The Morgan fingerprint density at radius 3 is 2.45 bits per heavy atom. The summed E-state index contributed by atoms with van der Waals surface area (Å²) in [6.07, 6.45) is 2.17. The summed E-state index contributed by atoms with van der Waals surface area (Å²) < 4.78 is 10.9. The highest BCUT2D eigenvalue weighted by Gasteiger charge is 2.25. The van der Waals surface area contributed by atoms with Crippen LogP contribution >= 0.6 is 0 Å². The van der Waals surface area contributed by atoms with Crippen molar-refractivity contribution in [2.45, 2.75) is 65.1 Å². The first-order valence-corrected chi connectivity index (χ1v) is 11.8. The number of para-hydroxylation sites is 1. The van der Waals surface area contributed by atoms with Gasteiger partial charge in [-0.05, 0) is 57.1 Å². The van der Waals surface area contributed by atoms with Gasteiger partial charge in [-0.1, -0.05) is 26.0 Å². The Kier molecular flexibility index (Phi) is 13.7. The number of methoxy groups -OCH3 is 1. The standard InChI is InChI=1S/C25H43N3O5/c1-18(2)20(14-22(26)23(30)16-28(17-29)19(3)4)15-27-25(31)21-10-6-7-11-24(21)33-13-9-8-12-32-5/h6-7,10-11,17-20,22-23,30H,8-9,12-16,26H2,1-5H3,(H,27,31)/t20-,22+,23+/m1/s1. The summed E-state index contributed by atoms with van der Waals surface area (Å²) in [7, 11) is 1.67. The molecule has 1 rings (SSSR count). The van der Waals surface area contributed by atoms with E-state index in [0.29, 0.717) is 37.5 Å². The van der Waals surface area contributed by atoms with Gasteiger partial charge in [0, 0.05) is 38.9 Å². The molecule has 8 heteroatoms. The minimum absolute atomic E-state index is 0.00759. The molecule has 4 N–H and O–H groups in total. The normalized spacial score (nSPS) is 14.1. The third kappa shape index (κ3) is 10.5. The van der Waals surface area contributed by atoms with Crippen LogP contribution in [0.25, 0.3) is 0 Å². The summed E-state index contributed by atoms with van der Waals surface area (Å²) in [5, 5.41) is 13.5. The topological polar surface area (TPSA) is 114 Å². The highest BCUT2D eigenvalue weighted by atomic mass is 16.5. The number of nitrogens with zero attached hydrogens (tertiary/aromatic N) is 1. The van der Waals surface area contributed by atoms with Crippen molar-refractivity contribution in [1.82, 2.24) is 10.2 Å². The summed E-state index contributed by atoms with van der Waals surface area (Å²) in [5.41, 5.74) is 6.75. The van der Waals surface area contributed by atoms with Crippen molar-refractivity contribution in [3.05, 3.63) is 29.8 Å². The molecule has 0 aromatic heterocycles. The first kappa shape index (κ1) is 28.9. The number of unbranched alkanes of at least 4 members (excludes halogenated alkanes) is 1. The predicted molar refractivity (Wildman–Crippen MR) is 130 cm³/mol. The van der Waals surface area contributed by atoms with E-state index >= 15 is 0 Å². The van der Waals surface area contributed by atoms with E-state index in [4.69, 9.17) is 15.2 Å². The van der Waals surface area contributed by atoms with Crippen LogP contribution in [-0.4, -0.2) is 73.9 Å².